The van der Waals surface area contributed by atoms with Crippen LogP contribution in [0.1, 0.15) is 24.1 Å². The number of carbonyl (C=O) groups is 1. The Morgan fingerprint density at radius 1 is 1.10 bits per heavy atom. The Bertz CT molecular complexity index is 1020. The molecule has 1 saturated heterocycles. The predicted octanol–water partition coefficient (Wildman–Crippen LogP) is 3.53. The summed E-state index contributed by atoms with van der Waals surface area (Å²) in [6, 6.07) is 6.53. The Labute approximate surface area is 178 Å². The lowest BCUT2D eigenvalue weighted by Crippen LogP contribution is -2.27. The van der Waals surface area contributed by atoms with Gasteiger partial charge in [-0.15, -0.1) is 11.3 Å². The summed E-state index contributed by atoms with van der Waals surface area (Å²) < 4.78 is 38.2. The minimum atomic E-state index is -3.46. The number of anilines is 1. The van der Waals surface area contributed by atoms with E-state index in [1.54, 1.807) is 24.3 Å². The van der Waals surface area contributed by atoms with Crippen molar-refractivity contribution in [3.63, 3.8) is 0 Å². The highest BCUT2D eigenvalue weighted by Gasteiger charge is 2.28. The number of rotatable bonds is 5. The van der Waals surface area contributed by atoms with Crippen LogP contribution in [0.25, 0.3) is 0 Å². The third kappa shape index (κ3) is 4.53. The first kappa shape index (κ1) is 20.5. The second-order valence-corrected chi connectivity index (χ2v) is 10.6. The summed E-state index contributed by atoms with van der Waals surface area (Å²) in [6.45, 7) is 2.19. The van der Waals surface area contributed by atoms with Crippen LogP contribution in [0.5, 0.6) is 11.5 Å². The van der Waals surface area contributed by atoms with Crippen molar-refractivity contribution < 1.29 is 22.7 Å². The lowest BCUT2D eigenvalue weighted by atomic mass is 10.2. The molecule has 1 aromatic heterocycles. The van der Waals surface area contributed by atoms with E-state index < -0.39 is 10.0 Å². The van der Waals surface area contributed by atoms with Crippen molar-refractivity contribution in [1.29, 1.82) is 0 Å². The molecule has 0 unspecified atom stereocenters. The molecule has 4 rings (SSSR count). The number of thiophene rings is 1. The van der Waals surface area contributed by atoms with E-state index in [2.05, 4.69) is 5.32 Å². The van der Waals surface area contributed by atoms with Crippen LogP contribution < -0.4 is 14.8 Å². The van der Waals surface area contributed by atoms with Gasteiger partial charge in [-0.3, -0.25) is 4.79 Å². The van der Waals surface area contributed by atoms with Gasteiger partial charge in [0.15, 0.2) is 11.5 Å². The number of benzene rings is 1. The first-order valence-electron chi connectivity index (χ1n) is 9.41. The van der Waals surface area contributed by atoms with Gasteiger partial charge in [0.1, 0.15) is 4.21 Å². The zero-order valence-electron chi connectivity index (χ0n) is 15.6. The second kappa shape index (κ2) is 8.51. The Hall–Kier alpha value is -1.81. The maximum absolute atomic E-state index is 12.6. The van der Waals surface area contributed by atoms with E-state index in [9.17, 15) is 13.2 Å². The fraction of sp³-hybridized carbons (Fsp3) is 0.421. The van der Waals surface area contributed by atoms with E-state index in [0.717, 1.165) is 30.6 Å². The molecule has 1 amide bonds. The van der Waals surface area contributed by atoms with Gasteiger partial charge < -0.3 is 14.8 Å². The molecule has 10 heteroatoms. The number of nitrogens with zero attached hydrogens (tertiary/aromatic N) is 1. The third-order valence-electron chi connectivity index (χ3n) is 4.74. The molecule has 0 radical (unpaired) electrons. The van der Waals surface area contributed by atoms with Crippen molar-refractivity contribution in [3.05, 3.63) is 34.2 Å². The number of halogens is 1. The molecule has 7 nitrogen and oxygen atoms in total. The highest BCUT2D eigenvalue weighted by Crippen LogP contribution is 2.38. The van der Waals surface area contributed by atoms with E-state index in [1.165, 1.54) is 4.31 Å². The van der Waals surface area contributed by atoms with Crippen molar-refractivity contribution in [2.24, 2.45) is 0 Å². The molecule has 2 aromatic rings. The van der Waals surface area contributed by atoms with E-state index in [-0.39, 0.29) is 16.5 Å². The van der Waals surface area contributed by atoms with E-state index in [4.69, 9.17) is 21.1 Å². The minimum absolute atomic E-state index is 0.0605. The fourth-order valence-electron chi connectivity index (χ4n) is 3.28. The maximum atomic E-state index is 12.6. The van der Waals surface area contributed by atoms with Gasteiger partial charge in [-0.05, 0) is 25.0 Å². The van der Waals surface area contributed by atoms with Gasteiger partial charge >= 0.3 is 0 Å². The molecule has 1 fully saturated rings. The molecule has 156 valence electrons. The third-order valence-corrected chi connectivity index (χ3v) is 8.51. The molecule has 29 heavy (non-hydrogen) atoms. The second-order valence-electron chi connectivity index (χ2n) is 6.89. The predicted molar refractivity (Wildman–Crippen MR) is 112 cm³/mol. The van der Waals surface area contributed by atoms with Crippen LogP contribution >= 0.6 is 22.9 Å². The van der Waals surface area contributed by atoms with Crippen LogP contribution in [0.15, 0.2) is 28.5 Å². The van der Waals surface area contributed by atoms with Crippen molar-refractivity contribution in [1.82, 2.24) is 4.31 Å². The Balaban J connectivity index is 1.44. The number of ether oxygens (including phenoxy) is 2. The van der Waals surface area contributed by atoms with Crippen LogP contribution in [0.2, 0.25) is 5.02 Å². The highest BCUT2D eigenvalue weighted by molar-refractivity contribution is 7.91. The van der Waals surface area contributed by atoms with E-state index in [0.29, 0.717) is 53.4 Å². The molecule has 2 aliphatic rings. The Kier molecular flexibility index (Phi) is 6.00. The minimum Gasteiger partial charge on any atom is -0.490 e. The average molecular weight is 457 g/mol. The normalized spacial score (nSPS) is 17.1. The van der Waals surface area contributed by atoms with Gasteiger partial charge in [-0.25, -0.2) is 8.42 Å². The molecule has 0 saturated carbocycles. The number of sulfonamides is 1. The van der Waals surface area contributed by atoms with Crippen LogP contribution in [0.4, 0.5) is 5.69 Å². The molecule has 2 aliphatic heterocycles. The molecule has 0 atom stereocenters. The zero-order valence-corrected chi connectivity index (χ0v) is 18.0. The standard InChI is InChI=1S/C19H21ClN2O5S2/c20-14-11-16-17(27-9-3-8-26-16)12-15(14)21-18(23)10-13-4-5-19(28-13)29(24,25)22-6-1-2-7-22/h4-5,11-12H,1-3,6-10H2,(H,21,23). The zero-order chi connectivity index (χ0) is 20.4. The Morgan fingerprint density at radius 2 is 1.79 bits per heavy atom. The lowest BCUT2D eigenvalue weighted by Gasteiger charge is -2.13. The lowest BCUT2D eigenvalue weighted by molar-refractivity contribution is -0.115. The van der Waals surface area contributed by atoms with Crippen molar-refractivity contribution in [3.8, 4) is 11.5 Å². The molecule has 1 N–H and O–H groups in total. The van der Waals surface area contributed by atoms with Gasteiger partial charge in [-0.2, -0.15) is 4.31 Å². The van der Waals surface area contributed by atoms with E-state index >= 15 is 0 Å². The molecular formula is C19H21ClN2O5S2. The first-order chi connectivity index (χ1) is 13.9. The molecule has 0 bridgehead atoms. The Morgan fingerprint density at radius 3 is 2.52 bits per heavy atom. The number of carbonyl (C=O) groups excluding carboxylic acids is 1. The van der Waals surface area contributed by atoms with Crippen molar-refractivity contribution >= 4 is 44.6 Å². The van der Waals surface area contributed by atoms with Crippen molar-refractivity contribution in [2.75, 3.05) is 31.6 Å². The summed E-state index contributed by atoms with van der Waals surface area (Å²) >= 11 is 7.39. The SMILES string of the molecule is O=C(Cc1ccc(S(=O)(=O)N2CCCC2)s1)Nc1cc2c(cc1Cl)OCCCO2. The fourth-order valence-corrected chi connectivity index (χ4v) is 6.51. The van der Waals surface area contributed by atoms with Gasteiger partial charge in [0.2, 0.25) is 5.91 Å². The number of hydrogen-bond donors (Lipinski definition) is 1. The van der Waals surface area contributed by atoms with Crippen LogP contribution in [-0.2, 0) is 21.2 Å². The largest absolute Gasteiger partial charge is 0.490 e. The summed E-state index contributed by atoms with van der Waals surface area (Å²) in [5.74, 6) is 0.811. The molecule has 1 aromatic carbocycles. The molecular weight excluding hydrogens is 436 g/mol. The van der Waals surface area contributed by atoms with Gasteiger partial charge in [0.05, 0.1) is 30.3 Å². The summed E-state index contributed by atoms with van der Waals surface area (Å²) in [5.41, 5.74) is 0.433. The topological polar surface area (TPSA) is 84.9 Å². The quantitative estimate of drug-likeness (QED) is 0.743. The van der Waals surface area contributed by atoms with Crippen LogP contribution in [-0.4, -0.2) is 44.9 Å². The van der Waals surface area contributed by atoms with Crippen LogP contribution in [0, 0.1) is 0 Å². The van der Waals surface area contributed by atoms with Gasteiger partial charge in [0, 0.05) is 36.5 Å². The number of nitrogens with one attached hydrogen (secondary N) is 1. The first-order valence-corrected chi connectivity index (χ1v) is 12.0. The van der Waals surface area contributed by atoms with Crippen molar-refractivity contribution in [2.45, 2.75) is 29.9 Å². The average Bonchev–Trinajstić information content (AvgIpc) is 3.33. The highest BCUT2D eigenvalue weighted by atomic mass is 35.5. The smallest absolute Gasteiger partial charge is 0.252 e. The summed E-state index contributed by atoms with van der Waals surface area (Å²) in [6.07, 6.45) is 2.60. The van der Waals surface area contributed by atoms with Gasteiger partial charge in [0.25, 0.3) is 10.0 Å². The van der Waals surface area contributed by atoms with Gasteiger partial charge in [-0.1, -0.05) is 11.6 Å². The number of hydrogen-bond acceptors (Lipinski definition) is 6. The molecule has 0 spiro atoms. The van der Waals surface area contributed by atoms with E-state index in [1.807, 2.05) is 0 Å². The molecule has 3 heterocycles. The monoisotopic (exact) mass is 456 g/mol. The summed E-state index contributed by atoms with van der Waals surface area (Å²) in [4.78, 5) is 13.2. The maximum Gasteiger partial charge on any atom is 0.252 e. The van der Waals surface area contributed by atoms with Crippen LogP contribution in [0.3, 0.4) is 0 Å². The summed E-state index contributed by atoms with van der Waals surface area (Å²) in [7, 11) is -3.46. The number of fused-ring (bicyclic) bond motifs is 1. The molecule has 0 aliphatic carbocycles. The number of amides is 1. The summed E-state index contributed by atoms with van der Waals surface area (Å²) in [5, 5.41) is 3.13.